The molecule has 3 aliphatic rings. The van der Waals surface area contributed by atoms with Gasteiger partial charge in [-0.15, -0.1) is 0 Å². The lowest BCUT2D eigenvalue weighted by Crippen LogP contribution is -2.65. The minimum absolute atomic E-state index is 0.141. The summed E-state index contributed by atoms with van der Waals surface area (Å²) in [6.45, 7) is 3.40. The molecule has 4 rings (SSSR count). The van der Waals surface area contributed by atoms with E-state index in [-0.39, 0.29) is 29.7 Å². The lowest BCUT2D eigenvalue weighted by Gasteiger charge is -2.41. The van der Waals surface area contributed by atoms with Crippen molar-refractivity contribution in [3.05, 3.63) is 34.9 Å². The number of nitrogens with one attached hydrogen (secondary N) is 3. The third-order valence-corrected chi connectivity index (χ3v) is 5.77. The first-order chi connectivity index (χ1) is 13.0. The van der Waals surface area contributed by atoms with Crippen LogP contribution < -0.4 is 16.0 Å². The predicted molar refractivity (Wildman–Crippen MR) is 96.8 cm³/mol. The zero-order chi connectivity index (χ0) is 19.0. The molecule has 2 saturated heterocycles. The van der Waals surface area contributed by atoms with Crippen molar-refractivity contribution in [1.29, 1.82) is 0 Å². The van der Waals surface area contributed by atoms with Crippen molar-refractivity contribution in [2.45, 2.75) is 37.6 Å². The van der Waals surface area contributed by atoms with Gasteiger partial charge in [0.05, 0.1) is 0 Å². The number of methoxy groups -OCH3 is 1. The molecule has 144 valence electrons. The second-order valence-corrected chi connectivity index (χ2v) is 7.44. The summed E-state index contributed by atoms with van der Waals surface area (Å²) in [5, 5.41) is 8.98. The molecule has 0 radical (unpaired) electrons. The standard InChI is InChI=1S/C19H24N4O4/c1-27-19(10-21-11-19)9-20-7-12-3-2-4-13-14(12)8-23(18(13)26)15-5-6-16(24)22-17(15)25/h2-4,15,20-21H,5-11H2,1H3,(H,22,24,25). The molecule has 1 aromatic carbocycles. The normalized spacial score (nSPS) is 23.8. The Hall–Kier alpha value is -2.29. The molecule has 0 bridgehead atoms. The van der Waals surface area contributed by atoms with Crippen molar-refractivity contribution < 1.29 is 19.1 Å². The van der Waals surface area contributed by atoms with Crippen LogP contribution in [0.25, 0.3) is 0 Å². The van der Waals surface area contributed by atoms with Crippen LogP contribution in [0.3, 0.4) is 0 Å². The maximum Gasteiger partial charge on any atom is 0.255 e. The van der Waals surface area contributed by atoms with E-state index in [2.05, 4.69) is 16.0 Å². The summed E-state index contributed by atoms with van der Waals surface area (Å²) < 4.78 is 5.58. The van der Waals surface area contributed by atoms with Crippen molar-refractivity contribution in [2.75, 3.05) is 26.7 Å². The largest absolute Gasteiger partial charge is 0.374 e. The predicted octanol–water partition coefficient (Wildman–Crippen LogP) is -0.474. The number of ether oxygens (including phenoxy) is 1. The quantitative estimate of drug-likeness (QED) is 0.584. The van der Waals surface area contributed by atoms with Gasteiger partial charge in [-0.2, -0.15) is 0 Å². The van der Waals surface area contributed by atoms with Crippen LogP contribution >= 0.6 is 0 Å². The number of carbonyl (C=O) groups excluding carboxylic acids is 3. The number of carbonyl (C=O) groups is 3. The highest BCUT2D eigenvalue weighted by Crippen LogP contribution is 2.29. The number of hydrogen-bond donors (Lipinski definition) is 3. The van der Waals surface area contributed by atoms with Crippen LogP contribution in [0.15, 0.2) is 18.2 Å². The Bertz CT molecular complexity index is 784. The zero-order valence-electron chi connectivity index (χ0n) is 15.3. The third-order valence-electron chi connectivity index (χ3n) is 5.77. The monoisotopic (exact) mass is 372 g/mol. The number of amides is 3. The first-order valence-corrected chi connectivity index (χ1v) is 9.25. The molecular formula is C19H24N4O4. The van der Waals surface area contributed by atoms with Crippen LogP contribution in [0, 0.1) is 0 Å². The maximum absolute atomic E-state index is 12.8. The van der Waals surface area contributed by atoms with Gasteiger partial charge in [-0.1, -0.05) is 12.1 Å². The van der Waals surface area contributed by atoms with Crippen LogP contribution in [0.5, 0.6) is 0 Å². The molecule has 0 aromatic heterocycles. The molecule has 2 fully saturated rings. The molecule has 3 N–H and O–H groups in total. The fraction of sp³-hybridized carbons (Fsp3) is 0.526. The molecule has 8 nitrogen and oxygen atoms in total. The van der Waals surface area contributed by atoms with Crippen molar-refractivity contribution >= 4 is 17.7 Å². The second-order valence-electron chi connectivity index (χ2n) is 7.44. The number of rotatable bonds is 6. The molecule has 1 unspecified atom stereocenters. The molecule has 0 saturated carbocycles. The van der Waals surface area contributed by atoms with E-state index in [0.717, 1.165) is 30.8 Å². The van der Waals surface area contributed by atoms with E-state index in [1.54, 1.807) is 18.1 Å². The number of piperidine rings is 1. The van der Waals surface area contributed by atoms with Crippen molar-refractivity contribution in [2.24, 2.45) is 0 Å². The van der Waals surface area contributed by atoms with E-state index >= 15 is 0 Å². The third kappa shape index (κ3) is 3.24. The number of hydrogen-bond acceptors (Lipinski definition) is 6. The Kier molecular flexibility index (Phi) is 4.71. The van der Waals surface area contributed by atoms with Crippen LogP contribution in [-0.2, 0) is 27.4 Å². The van der Waals surface area contributed by atoms with Gasteiger partial charge in [0.25, 0.3) is 5.91 Å². The second kappa shape index (κ2) is 7.03. The van der Waals surface area contributed by atoms with Gasteiger partial charge in [0.15, 0.2) is 0 Å². The van der Waals surface area contributed by atoms with E-state index in [0.29, 0.717) is 25.1 Å². The molecule has 3 aliphatic heterocycles. The van der Waals surface area contributed by atoms with E-state index in [1.807, 2.05) is 12.1 Å². The Morgan fingerprint density at radius 2 is 2.11 bits per heavy atom. The summed E-state index contributed by atoms with van der Waals surface area (Å²) in [6, 6.07) is 5.10. The average Bonchev–Trinajstić information content (AvgIpc) is 2.95. The summed E-state index contributed by atoms with van der Waals surface area (Å²) in [5.41, 5.74) is 2.49. The maximum atomic E-state index is 12.8. The van der Waals surface area contributed by atoms with Gasteiger partial charge < -0.3 is 20.3 Å². The molecule has 3 heterocycles. The molecule has 3 amide bonds. The number of benzene rings is 1. The lowest BCUT2D eigenvalue weighted by atomic mass is 9.96. The highest BCUT2D eigenvalue weighted by Gasteiger charge is 2.40. The van der Waals surface area contributed by atoms with Gasteiger partial charge in [-0.3, -0.25) is 19.7 Å². The average molecular weight is 372 g/mol. The first-order valence-electron chi connectivity index (χ1n) is 9.25. The van der Waals surface area contributed by atoms with Crippen molar-refractivity contribution in [3.8, 4) is 0 Å². The van der Waals surface area contributed by atoms with E-state index in [4.69, 9.17) is 4.74 Å². The van der Waals surface area contributed by atoms with Crippen LogP contribution in [0.4, 0.5) is 0 Å². The van der Waals surface area contributed by atoms with E-state index in [1.165, 1.54) is 0 Å². The van der Waals surface area contributed by atoms with Gasteiger partial charge >= 0.3 is 0 Å². The Balaban J connectivity index is 1.46. The van der Waals surface area contributed by atoms with Crippen molar-refractivity contribution in [3.63, 3.8) is 0 Å². The first kappa shape index (κ1) is 18.1. The molecule has 8 heteroatoms. The Morgan fingerprint density at radius 3 is 2.78 bits per heavy atom. The number of imide groups is 1. The van der Waals surface area contributed by atoms with Crippen LogP contribution in [0.1, 0.15) is 34.3 Å². The van der Waals surface area contributed by atoms with Gasteiger partial charge in [-0.05, 0) is 23.6 Å². The van der Waals surface area contributed by atoms with Crippen molar-refractivity contribution in [1.82, 2.24) is 20.9 Å². The fourth-order valence-corrected chi connectivity index (χ4v) is 3.99. The molecule has 0 spiro atoms. The Labute approximate surface area is 157 Å². The van der Waals surface area contributed by atoms with Gasteiger partial charge in [0.2, 0.25) is 11.8 Å². The molecule has 1 aromatic rings. The smallest absolute Gasteiger partial charge is 0.255 e. The minimum atomic E-state index is -0.582. The summed E-state index contributed by atoms with van der Waals surface area (Å²) in [7, 11) is 1.72. The SMILES string of the molecule is COC1(CNCc2cccc3c2CN(C2CCC(=O)NC2=O)C3=O)CNC1. The fourth-order valence-electron chi connectivity index (χ4n) is 3.99. The lowest BCUT2D eigenvalue weighted by molar-refractivity contribution is -0.136. The topological polar surface area (TPSA) is 99.8 Å². The highest BCUT2D eigenvalue weighted by molar-refractivity contribution is 6.05. The van der Waals surface area contributed by atoms with Gasteiger partial charge in [0.1, 0.15) is 11.6 Å². The number of fused-ring (bicyclic) bond motifs is 1. The molecule has 0 aliphatic carbocycles. The molecule has 1 atom stereocenters. The summed E-state index contributed by atoms with van der Waals surface area (Å²) in [6.07, 6.45) is 0.638. The summed E-state index contributed by atoms with van der Waals surface area (Å²) in [5.74, 6) is -0.799. The summed E-state index contributed by atoms with van der Waals surface area (Å²) in [4.78, 5) is 38.0. The van der Waals surface area contributed by atoms with Gasteiger partial charge in [0, 0.05) is 51.8 Å². The number of nitrogens with zero attached hydrogens (tertiary/aromatic N) is 1. The van der Waals surface area contributed by atoms with Crippen LogP contribution in [0.2, 0.25) is 0 Å². The Morgan fingerprint density at radius 1 is 1.30 bits per heavy atom. The van der Waals surface area contributed by atoms with Crippen LogP contribution in [-0.4, -0.2) is 61.0 Å². The minimum Gasteiger partial charge on any atom is -0.374 e. The molecular weight excluding hydrogens is 348 g/mol. The zero-order valence-corrected chi connectivity index (χ0v) is 15.3. The van der Waals surface area contributed by atoms with Gasteiger partial charge in [-0.25, -0.2) is 0 Å². The molecule has 27 heavy (non-hydrogen) atoms. The summed E-state index contributed by atoms with van der Waals surface area (Å²) >= 11 is 0. The highest BCUT2D eigenvalue weighted by atomic mass is 16.5. The van der Waals surface area contributed by atoms with E-state index in [9.17, 15) is 14.4 Å². The van der Waals surface area contributed by atoms with E-state index < -0.39 is 6.04 Å².